The van der Waals surface area contributed by atoms with Crippen molar-refractivity contribution in [2.24, 2.45) is 11.7 Å². The smallest absolute Gasteiger partial charge is 0.223 e. The van der Waals surface area contributed by atoms with E-state index in [-0.39, 0.29) is 30.4 Å². The Morgan fingerprint density at radius 2 is 2.13 bits per heavy atom. The quantitative estimate of drug-likeness (QED) is 0.916. The molecule has 23 heavy (non-hydrogen) atoms. The maximum Gasteiger partial charge on any atom is 0.223 e. The zero-order valence-corrected chi connectivity index (χ0v) is 14.6. The summed E-state index contributed by atoms with van der Waals surface area (Å²) in [5, 5.41) is 0. The molecule has 1 aromatic rings. The Bertz CT molecular complexity index is 538. The summed E-state index contributed by atoms with van der Waals surface area (Å²) in [7, 11) is 1.68. The summed E-state index contributed by atoms with van der Waals surface area (Å²) in [6, 6.07) is 8.50. The summed E-state index contributed by atoms with van der Waals surface area (Å²) < 4.78 is 5.31. The first-order valence-corrected chi connectivity index (χ1v) is 8.38. The van der Waals surface area contributed by atoms with Crippen molar-refractivity contribution in [3.8, 4) is 5.75 Å². The van der Waals surface area contributed by atoms with Crippen LogP contribution in [0.4, 0.5) is 0 Å². The Hall–Kier alpha value is -1.26. The van der Waals surface area contributed by atoms with Gasteiger partial charge in [-0.25, -0.2) is 0 Å². The highest BCUT2D eigenvalue weighted by Crippen LogP contribution is 2.35. The highest BCUT2D eigenvalue weighted by Gasteiger charge is 2.33. The number of carbonyl (C=O) groups excluding carboxylic acids is 1. The molecular weight excluding hydrogens is 312 g/mol. The molecule has 1 saturated heterocycles. The second-order valence-corrected chi connectivity index (χ2v) is 6.58. The van der Waals surface area contributed by atoms with E-state index in [4.69, 9.17) is 10.5 Å². The number of hydrogen-bond acceptors (Lipinski definition) is 3. The molecule has 2 N–H and O–H groups in total. The monoisotopic (exact) mass is 338 g/mol. The molecule has 0 radical (unpaired) electrons. The van der Waals surface area contributed by atoms with Crippen molar-refractivity contribution in [3.63, 3.8) is 0 Å². The standard InChI is InChI=1S/C18H26N2O2.ClH/c1-22-15-7-2-6-14(11-15)17-9-4-10-20(17)18(21)12-13-5-3-8-16(13)19;/h2,6-7,11,13,16-17H,3-5,8-10,12,19H2,1H3;1H/t13-,16+,17?;/m0./s1. The predicted molar refractivity (Wildman–Crippen MR) is 93.9 cm³/mol. The van der Waals surface area contributed by atoms with Crippen LogP contribution in [0.5, 0.6) is 5.75 Å². The Kier molecular flexibility index (Phi) is 6.31. The summed E-state index contributed by atoms with van der Waals surface area (Å²) in [6.07, 6.45) is 6.06. The average Bonchev–Trinajstić information content (AvgIpc) is 3.17. The Balaban J connectivity index is 0.00000192. The van der Waals surface area contributed by atoms with Crippen LogP contribution < -0.4 is 10.5 Å². The molecule has 3 atom stereocenters. The molecule has 1 saturated carbocycles. The first-order valence-electron chi connectivity index (χ1n) is 8.38. The van der Waals surface area contributed by atoms with Gasteiger partial charge in [0.2, 0.25) is 5.91 Å². The van der Waals surface area contributed by atoms with Crippen LogP contribution in [0.15, 0.2) is 24.3 Å². The number of amides is 1. The van der Waals surface area contributed by atoms with E-state index in [9.17, 15) is 4.79 Å². The highest BCUT2D eigenvalue weighted by atomic mass is 35.5. The number of benzene rings is 1. The molecule has 5 heteroatoms. The molecule has 128 valence electrons. The fourth-order valence-corrected chi connectivity index (χ4v) is 3.92. The zero-order chi connectivity index (χ0) is 15.5. The minimum atomic E-state index is 0. The van der Waals surface area contributed by atoms with Crippen molar-refractivity contribution in [1.82, 2.24) is 4.90 Å². The summed E-state index contributed by atoms with van der Waals surface area (Å²) in [6.45, 7) is 0.864. The fraction of sp³-hybridized carbons (Fsp3) is 0.611. The van der Waals surface area contributed by atoms with Crippen molar-refractivity contribution < 1.29 is 9.53 Å². The largest absolute Gasteiger partial charge is 0.497 e. The molecule has 2 fully saturated rings. The first-order chi connectivity index (χ1) is 10.7. The van der Waals surface area contributed by atoms with Gasteiger partial charge in [0.15, 0.2) is 0 Å². The van der Waals surface area contributed by atoms with E-state index in [2.05, 4.69) is 17.0 Å². The van der Waals surface area contributed by atoms with Gasteiger partial charge in [0.25, 0.3) is 0 Å². The van der Waals surface area contributed by atoms with E-state index >= 15 is 0 Å². The zero-order valence-electron chi connectivity index (χ0n) is 13.7. The lowest BCUT2D eigenvalue weighted by atomic mass is 9.98. The summed E-state index contributed by atoms with van der Waals surface area (Å²) in [4.78, 5) is 14.8. The van der Waals surface area contributed by atoms with Crippen LogP contribution >= 0.6 is 12.4 Å². The molecule has 4 nitrogen and oxygen atoms in total. The van der Waals surface area contributed by atoms with Gasteiger partial charge in [-0.05, 0) is 49.3 Å². The van der Waals surface area contributed by atoms with E-state index in [1.807, 2.05) is 12.1 Å². The molecular formula is C18H27ClN2O2. The molecule has 1 heterocycles. The number of rotatable bonds is 4. The number of carbonyl (C=O) groups is 1. The number of methoxy groups -OCH3 is 1. The number of hydrogen-bond donors (Lipinski definition) is 1. The van der Waals surface area contributed by atoms with Gasteiger partial charge in [0.1, 0.15) is 5.75 Å². The van der Waals surface area contributed by atoms with Gasteiger partial charge < -0.3 is 15.4 Å². The van der Waals surface area contributed by atoms with Crippen molar-refractivity contribution in [1.29, 1.82) is 0 Å². The van der Waals surface area contributed by atoms with E-state index < -0.39 is 0 Å². The van der Waals surface area contributed by atoms with Gasteiger partial charge in [0, 0.05) is 19.0 Å². The summed E-state index contributed by atoms with van der Waals surface area (Å²) in [5.74, 6) is 1.50. The third kappa shape index (κ3) is 3.99. The van der Waals surface area contributed by atoms with Gasteiger partial charge in [-0.3, -0.25) is 4.79 Å². The molecule has 1 amide bonds. The van der Waals surface area contributed by atoms with Gasteiger partial charge in [0.05, 0.1) is 13.2 Å². The Morgan fingerprint density at radius 3 is 2.83 bits per heavy atom. The minimum Gasteiger partial charge on any atom is -0.497 e. The topological polar surface area (TPSA) is 55.6 Å². The Labute approximate surface area is 144 Å². The van der Waals surface area contributed by atoms with Crippen LogP contribution in [0.3, 0.4) is 0 Å². The lowest BCUT2D eigenvalue weighted by Gasteiger charge is -2.27. The molecule has 2 aliphatic rings. The normalized spacial score (nSPS) is 26.9. The van der Waals surface area contributed by atoms with E-state index in [0.717, 1.165) is 38.0 Å². The molecule has 1 aliphatic heterocycles. The molecule has 0 bridgehead atoms. The number of likely N-dealkylation sites (tertiary alicyclic amines) is 1. The molecule has 1 unspecified atom stereocenters. The van der Waals surface area contributed by atoms with Crippen molar-refractivity contribution >= 4 is 18.3 Å². The number of halogens is 1. The van der Waals surface area contributed by atoms with Gasteiger partial charge in [-0.1, -0.05) is 18.6 Å². The van der Waals surface area contributed by atoms with E-state index in [1.54, 1.807) is 7.11 Å². The van der Waals surface area contributed by atoms with Crippen molar-refractivity contribution in [2.75, 3.05) is 13.7 Å². The van der Waals surface area contributed by atoms with Gasteiger partial charge in [-0.2, -0.15) is 0 Å². The minimum absolute atomic E-state index is 0. The number of nitrogens with zero attached hydrogens (tertiary/aromatic N) is 1. The van der Waals surface area contributed by atoms with Crippen LogP contribution in [0.1, 0.15) is 50.1 Å². The van der Waals surface area contributed by atoms with Crippen molar-refractivity contribution in [2.45, 2.75) is 50.6 Å². The number of ether oxygens (including phenoxy) is 1. The lowest BCUT2D eigenvalue weighted by Crippen LogP contribution is -2.35. The third-order valence-electron chi connectivity index (χ3n) is 5.21. The van der Waals surface area contributed by atoms with Gasteiger partial charge >= 0.3 is 0 Å². The maximum absolute atomic E-state index is 12.7. The van der Waals surface area contributed by atoms with Crippen LogP contribution in [0, 0.1) is 5.92 Å². The van der Waals surface area contributed by atoms with E-state index in [1.165, 1.54) is 12.0 Å². The maximum atomic E-state index is 12.7. The fourth-order valence-electron chi connectivity index (χ4n) is 3.92. The highest BCUT2D eigenvalue weighted by molar-refractivity contribution is 5.85. The summed E-state index contributed by atoms with van der Waals surface area (Å²) >= 11 is 0. The number of nitrogens with two attached hydrogens (primary N) is 1. The SMILES string of the molecule is COc1cccc(C2CCCN2C(=O)C[C@@H]2CCC[C@H]2N)c1.Cl. The molecule has 0 spiro atoms. The molecule has 3 rings (SSSR count). The first kappa shape index (κ1) is 18.1. The second kappa shape index (κ2) is 8.02. The van der Waals surface area contributed by atoms with Crippen molar-refractivity contribution in [3.05, 3.63) is 29.8 Å². The van der Waals surface area contributed by atoms with Crippen LogP contribution in [0.2, 0.25) is 0 Å². The Morgan fingerprint density at radius 1 is 1.30 bits per heavy atom. The molecule has 1 aliphatic carbocycles. The molecule has 1 aromatic carbocycles. The molecule has 0 aromatic heterocycles. The van der Waals surface area contributed by atoms with Crippen LogP contribution in [-0.4, -0.2) is 30.5 Å². The summed E-state index contributed by atoms with van der Waals surface area (Å²) in [5.41, 5.74) is 7.30. The van der Waals surface area contributed by atoms with Crippen LogP contribution in [0.25, 0.3) is 0 Å². The second-order valence-electron chi connectivity index (χ2n) is 6.58. The lowest BCUT2D eigenvalue weighted by molar-refractivity contribution is -0.133. The van der Waals surface area contributed by atoms with E-state index in [0.29, 0.717) is 12.3 Å². The third-order valence-corrected chi connectivity index (χ3v) is 5.21. The van der Waals surface area contributed by atoms with Crippen LogP contribution in [-0.2, 0) is 4.79 Å². The van der Waals surface area contributed by atoms with Gasteiger partial charge in [-0.15, -0.1) is 12.4 Å². The average molecular weight is 339 g/mol. The predicted octanol–water partition coefficient (Wildman–Crippen LogP) is 3.30.